The summed E-state index contributed by atoms with van der Waals surface area (Å²) in [5, 5.41) is 17.5. The first-order valence-corrected chi connectivity index (χ1v) is 7.52. The van der Waals surface area contributed by atoms with Gasteiger partial charge in [0.2, 0.25) is 5.90 Å². The van der Waals surface area contributed by atoms with Crippen LogP contribution in [0.25, 0.3) is 0 Å². The lowest BCUT2D eigenvalue weighted by molar-refractivity contribution is 0.404. The maximum Gasteiger partial charge on any atom is 0.205 e. The lowest BCUT2D eigenvalue weighted by Gasteiger charge is -2.30. The zero-order valence-corrected chi connectivity index (χ0v) is 13.4. The Morgan fingerprint density at radius 3 is 2.77 bits per heavy atom. The van der Waals surface area contributed by atoms with E-state index in [0.29, 0.717) is 11.5 Å². The minimum absolute atomic E-state index is 0.0340. The van der Waals surface area contributed by atoms with Gasteiger partial charge < -0.3 is 9.47 Å². The van der Waals surface area contributed by atoms with Crippen molar-refractivity contribution in [1.29, 1.82) is 10.7 Å². The quantitative estimate of drug-likeness (QED) is 0.880. The predicted molar refractivity (Wildman–Crippen MR) is 86.4 cm³/mol. The summed E-state index contributed by atoms with van der Waals surface area (Å²) in [5.74, 6) is 0.323. The maximum absolute atomic E-state index is 9.48. The monoisotopic (exact) mass is 356 g/mol. The lowest BCUT2D eigenvalue weighted by atomic mass is 9.79. The molecular weight excluding hydrogens is 344 g/mol. The van der Waals surface area contributed by atoms with Gasteiger partial charge in [0, 0.05) is 22.0 Å². The normalized spacial score (nSPS) is 19.8. The molecule has 110 valence electrons. The first-order chi connectivity index (χ1) is 10.6. The SMILES string of the molecule is COc1ccc2c(c1)OC(=N)C(C#N)C2c1cccc(Br)c1. The fraction of sp³-hybridized carbons (Fsp3) is 0.176. The molecule has 2 atom stereocenters. The highest BCUT2D eigenvalue weighted by Crippen LogP contribution is 2.43. The van der Waals surface area contributed by atoms with Crippen molar-refractivity contribution in [2.24, 2.45) is 5.92 Å². The van der Waals surface area contributed by atoms with Crippen LogP contribution in [0.2, 0.25) is 0 Å². The average molecular weight is 357 g/mol. The number of nitrogens with one attached hydrogen (secondary N) is 1. The molecule has 2 unspecified atom stereocenters. The summed E-state index contributed by atoms with van der Waals surface area (Å²) in [6.45, 7) is 0. The van der Waals surface area contributed by atoms with Crippen molar-refractivity contribution in [2.45, 2.75) is 5.92 Å². The minimum Gasteiger partial charge on any atom is -0.497 e. The first kappa shape index (κ1) is 14.6. The van der Waals surface area contributed by atoms with E-state index in [2.05, 4.69) is 22.0 Å². The van der Waals surface area contributed by atoms with Crippen LogP contribution in [0.3, 0.4) is 0 Å². The number of rotatable bonds is 2. The summed E-state index contributed by atoms with van der Waals surface area (Å²) in [5.41, 5.74) is 1.86. The molecule has 1 aliphatic heterocycles. The standard InChI is InChI=1S/C17H13BrN2O2/c1-21-12-5-6-13-15(8-12)22-17(20)14(9-19)16(13)10-3-2-4-11(18)7-10/h2-8,14,16,20H,1H3. The number of benzene rings is 2. The van der Waals surface area contributed by atoms with E-state index in [1.54, 1.807) is 13.2 Å². The van der Waals surface area contributed by atoms with Crippen LogP contribution in [0.5, 0.6) is 11.5 Å². The van der Waals surface area contributed by atoms with Gasteiger partial charge in [0.15, 0.2) is 0 Å². The topological polar surface area (TPSA) is 66.1 Å². The van der Waals surface area contributed by atoms with Crippen LogP contribution in [0.4, 0.5) is 0 Å². The minimum atomic E-state index is -0.643. The van der Waals surface area contributed by atoms with Crippen LogP contribution in [-0.2, 0) is 0 Å². The number of nitriles is 1. The second-order valence-electron chi connectivity index (χ2n) is 5.01. The molecule has 0 aliphatic carbocycles. The van der Waals surface area contributed by atoms with Crippen LogP contribution in [0.1, 0.15) is 17.0 Å². The van der Waals surface area contributed by atoms with Crippen molar-refractivity contribution in [3.05, 3.63) is 58.1 Å². The smallest absolute Gasteiger partial charge is 0.205 e. The van der Waals surface area contributed by atoms with Gasteiger partial charge in [0.25, 0.3) is 0 Å². The predicted octanol–water partition coefficient (Wildman–Crippen LogP) is 4.10. The van der Waals surface area contributed by atoms with Gasteiger partial charge in [-0.25, -0.2) is 0 Å². The Morgan fingerprint density at radius 2 is 2.09 bits per heavy atom. The molecule has 0 aromatic heterocycles. The first-order valence-electron chi connectivity index (χ1n) is 6.73. The summed E-state index contributed by atoms with van der Waals surface area (Å²) in [6.07, 6.45) is 0. The molecule has 2 aromatic carbocycles. The van der Waals surface area contributed by atoms with Gasteiger partial charge in [-0.1, -0.05) is 34.1 Å². The molecule has 2 aromatic rings. The number of fused-ring (bicyclic) bond motifs is 1. The molecule has 0 amide bonds. The van der Waals surface area contributed by atoms with E-state index in [1.165, 1.54) is 0 Å². The molecule has 1 heterocycles. The van der Waals surface area contributed by atoms with Gasteiger partial charge in [-0.05, 0) is 23.8 Å². The average Bonchev–Trinajstić information content (AvgIpc) is 2.52. The Balaban J connectivity index is 2.18. The Morgan fingerprint density at radius 1 is 1.27 bits per heavy atom. The number of hydrogen-bond donors (Lipinski definition) is 1. The summed E-state index contributed by atoms with van der Waals surface area (Å²) in [4.78, 5) is 0. The summed E-state index contributed by atoms with van der Waals surface area (Å²) in [7, 11) is 1.58. The molecular formula is C17H13BrN2O2. The summed E-state index contributed by atoms with van der Waals surface area (Å²) in [6, 6.07) is 15.5. The molecule has 0 bridgehead atoms. The zero-order valence-electron chi connectivity index (χ0n) is 11.8. The van der Waals surface area contributed by atoms with Crippen molar-refractivity contribution >= 4 is 21.8 Å². The van der Waals surface area contributed by atoms with Gasteiger partial charge in [-0.15, -0.1) is 0 Å². The van der Waals surface area contributed by atoms with Crippen molar-refractivity contribution in [2.75, 3.05) is 7.11 Å². The van der Waals surface area contributed by atoms with Crippen LogP contribution in [-0.4, -0.2) is 13.0 Å². The Hall–Kier alpha value is -2.32. The second kappa shape index (κ2) is 5.82. The number of nitrogens with zero attached hydrogens (tertiary/aromatic N) is 1. The van der Waals surface area contributed by atoms with E-state index in [4.69, 9.17) is 14.9 Å². The van der Waals surface area contributed by atoms with E-state index in [0.717, 1.165) is 15.6 Å². The summed E-state index contributed by atoms with van der Waals surface area (Å²) < 4.78 is 11.7. The molecule has 1 aliphatic rings. The highest BCUT2D eigenvalue weighted by Gasteiger charge is 2.37. The van der Waals surface area contributed by atoms with Crippen LogP contribution < -0.4 is 9.47 Å². The van der Waals surface area contributed by atoms with Crippen LogP contribution >= 0.6 is 15.9 Å². The molecule has 22 heavy (non-hydrogen) atoms. The van der Waals surface area contributed by atoms with Gasteiger partial charge in [0.05, 0.1) is 13.2 Å². The number of methoxy groups -OCH3 is 1. The van der Waals surface area contributed by atoms with E-state index in [1.807, 2.05) is 36.4 Å². The molecule has 5 heteroatoms. The van der Waals surface area contributed by atoms with Crippen molar-refractivity contribution in [3.63, 3.8) is 0 Å². The highest BCUT2D eigenvalue weighted by molar-refractivity contribution is 9.10. The molecule has 0 saturated carbocycles. The third kappa shape index (κ3) is 2.46. The van der Waals surface area contributed by atoms with E-state index < -0.39 is 5.92 Å². The Bertz CT molecular complexity index is 782. The van der Waals surface area contributed by atoms with Gasteiger partial charge in [-0.2, -0.15) is 5.26 Å². The number of halogens is 1. The van der Waals surface area contributed by atoms with Crippen molar-refractivity contribution < 1.29 is 9.47 Å². The summed E-state index contributed by atoms with van der Waals surface area (Å²) >= 11 is 3.46. The lowest BCUT2D eigenvalue weighted by Crippen LogP contribution is -2.30. The fourth-order valence-corrected chi connectivity index (χ4v) is 3.12. The Kier molecular flexibility index (Phi) is 3.86. The van der Waals surface area contributed by atoms with Crippen molar-refractivity contribution in [3.8, 4) is 17.6 Å². The fourth-order valence-electron chi connectivity index (χ4n) is 2.71. The zero-order chi connectivity index (χ0) is 15.7. The number of hydrogen-bond acceptors (Lipinski definition) is 4. The van der Waals surface area contributed by atoms with E-state index >= 15 is 0 Å². The number of ether oxygens (including phenoxy) is 2. The molecule has 0 spiro atoms. The molecule has 0 fully saturated rings. The third-order valence-corrected chi connectivity index (χ3v) is 4.23. The second-order valence-corrected chi connectivity index (χ2v) is 5.93. The van der Waals surface area contributed by atoms with Crippen molar-refractivity contribution in [1.82, 2.24) is 0 Å². The maximum atomic E-state index is 9.48. The Labute approximate surface area is 136 Å². The molecule has 0 saturated heterocycles. The van der Waals surface area contributed by atoms with Gasteiger partial charge in [-0.3, -0.25) is 5.41 Å². The van der Waals surface area contributed by atoms with Gasteiger partial charge in [0.1, 0.15) is 17.4 Å². The van der Waals surface area contributed by atoms with Crippen LogP contribution in [0, 0.1) is 22.7 Å². The van der Waals surface area contributed by atoms with Gasteiger partial charge >= 0.3 is 0 Å². The molecule has 0 radical (unpaired) electrons. The third-order valence-electron chi connectivity index (χ3n) is 3.74. The van der Waals surface area contributed by atoms with Crippen LogP contribution in [0.15, 0.2) is 46.9 Å². The van der Waals surface area contributed by atoms with E-state index in [-0.39, 0.29) is 11.8 Å². The molecule has 4 nitrogen and oxygen atoms in total. The largest absolute Gasteiger partial charge is 0.497 e. The highest BCUT2D eigenvalue weighted by atomic mass is 79.9. The molecule has 3 rings (SSSR count). The van der Waals surface area contributed by atoms with E-state index in [9.17, 15) is 5.26 Å². The molecule has 1 N–H and O–H groups in total.